The van der Waals surface area contributed by atoms with Crippen LogP contribution in [0.5, 0.6) is 0 Å². The van der Waals surface area contributed by atoms with Gasteiger partial charge in [-0.05, 0) is 19.4 Å². The van der Waals surface area contributed by atoms with Crippen molar-refractivity contribution in [2.45, 2.75) is 19.4 Å². The van der Waals surface area contributed by atoms with Crippen molar-refractivity contribution >= 4 is 17.4 Å². The standard InChI is InChI=1S/C20H20N8O/c1-13-23-26-19-18(21-8-10-28(13)19)27-9-7-15(12-27)22-20(29)17-11-16(24-25-17)14-5-3-2-4-6-14/h2-6,8,10-11,15H,7,9,12H2,1H3,(H,22,29)(H,24,25)/t15-/m1/s1. The van der Waals surface area contributed by atoms with Gasteiger partial charge in [-0.15, -0.1) is 10.2 Å². The van der Waals surface area contributed by atoms with Crippen LogP contribution < -0.4 is 10.2 Å². The highest BCUT2D eigenvalue weighted by Crippen LogP contribution is 2.23. The fourth-order valence-corrected chi connectivity index (χ4v) is 3.68. The number of aromatic nitrogens is 6. The van der Waals surface area contributed by atoms with Crippen LogP contribution in [0.2, 0.25) is 0 Å². The number of rotatable bonds is 4. The number of hydrogen-bond donors (Lipinski definition) is 2. The van der Waals surface area contributed by atoms with Gasteiger partial charge < -0.3 is 10.2 Å². The van der Waals surface area contributed by atoms with Crippen LogP contribution in [0.4, 0.5) is 5.82 Å². The Morgan fingerprint density at radius 2 is 2.10 bits per heavy atom. The number of nitrogens with one attached hydrogen (secondary N) is 2. The van der Waals surface area contributed by atoms with E-state index in [-0.39, 0.29) is 11.9 Å². The Morgan fingerprint density at radius 1 is 1.24 bits per heavy atom. The number of nitrogens with zero attached hydrogens (tertiary/aromatic N) is 6. The third-order valence-corrected chi connectivity index (χ3v) is 5.19. The summed E-state index contributed by atoms with van der Waals surface area (Å²) in [6.45, 7) is 3.37. The van der Waals surface area contributed by atoms with Crippen LogP contribution >= 0.6 is 0 Å². The highest BCUT2D eigenvalue weighted by atomic mass is 16.2. The quantitative estimate of drug-likeness (QED) is 0.553. The molecule has 1 aromatic carbocycles. The molecule has 5 rings (SSSR count). The summed E-state index contributed by atoms with van der Waals surface area (Å²) in [7, 11) is 0. The van der Waals surface area contributed by atoms with E-state index in [2.05, 4.69) is 35.6 Å². The Hall–Kier alpha value is -3.75. The van der Waals surface area contributed by atoms with Crippen LogP contribution in [0.3, 0.4) is 0 Å². The van der Waals surface area contributed by atoms with E-state index in [0.717, 1.165) is 41.5 Å². The van der Waals surface area contributed by atoms with Crippen LogP contribution in [0.25, 0.3) is 16.9 Å². The molecule has 1 fully saturated rings. The number of H-pyrrole nitrogens is 1. The Kier molecular flexibility index (Phi) is 4.19. The second kappa shape index (κ2) is 7.01. The van der Waals surface area contributed by atoms with Gasteiger partial charge in [0.1, 0.15) is 11.5 Å². The van der Waals surface area contributed by atoms with Crippen LogP contribution in [-0.4, -0.2) is 54.8 Å². The van der Waals surface area contributed by atoms with Gasteiger partial charge >= 0.3 is 0 Å². The molecule has 0 aliphatic carbocycles. The Bertz CT molecular complexity index is 1170. The second-order valence-corrected chi connectivity index (χ2v) is 7.13. The predicted octanol–water partition coefficient (Wildman–Crippen LogP) is 1.83. The average Bonchev–Trinajstić information content (AvgIpc) is 3.49. The fourth-order valence-electron chi connectivity index (χ4n) is 3.68. The summed E-state index contributed by atoms with van der Waals surface area (Å²) in [5.74, 6) is 1.45. The number of aromatic amines is 1. The molecule has 1 saturated heterocycles. The summed E-state index contributed by atoms with van der Waals surface area (Å²) in [5.41, 5.74) is 2.91. The molecule has 4 aromatic rings. The average molecular weight is 388 g/mol. The zero-order valence-electron chi connectivity index (χ0n) is 15.9. The number of aryl methyl sites for hydroxylation is 1. The maximum Gasteiger partial charge on any atom is 0.269 e. The van der Waals surface area contributed by atoms with Gasteiger partial charge in [0.2, 0.25) is 5.65 Å². The van der Waals surface area contributed by atoms with Crippen LogP contribution in [0.1, 0.15) is 22.7 Å². The van der Waals surface area contributed by atoms with Gasteiger partial charge in [-0.3, -0.25) is 14.3 Å². The van der Waals surface area contributed by atoms with E-state index in [4.69, 9.17) is 0 Å². The smallest absolute Gasteiger partial charge is 0.269 e. The van der Waals surface area contributed by atoms with E-state index < -0.39 is 0 Å². The van der Waals surface area contributed by atoms with E-state index in [1.807, 2.05) is 47.9 Å². The number of fused-ring (bicyclic) bond motifs is 1. The first kappa shape index (κ1) is 17.4. The highest BCUT2D eigenvalue weighted by Gasteiger charge is 2.27. The Morgan fingerprint density at radius 3 is 2.97 bits per heavy atom. The summed E-state index contributed by atoms with van der Waals surface area (Å²) >= 11 is 0. The van der Waals surface area contributed by atoms with Gasteiger partial charge in [0.25, 0.3) is 5.91 Å². The van der Waals surface area contributed by atoms with Crippen molar-refractivity contribution < 1.29 is 4.79 Å². The molecule has 1 atom stereocenters. The zero-order valence-corrected chi connectivity index (χ0v) is 15.9. The number of carbonyl (C=O) groups is 1. The van der Waals surface area contributed by atoms with Gasteiger partial charge in [-0.2, -0.15) is 5.10 Å². The fraction of sp³-hybridized carbons (Fsp3) is 0.250. The molecule has 4 heterocycles. The lowest BCUT2D eigenvalue weighted by molar-refractivity contribution is 0.0935. The molecule has 9 nitrogen and oxygen atoms in total. The minimum atomic E-state index is -0.156. The summed E-state index contributed by atoms with van der Waals surface area (Å²) in [4.78, 5) is 19.3. The molecule has 146 valence electrons. The largest absolute Gasteiger partial charge is 0.351 e. The minimum Gasteiger partial charge on any atom is -0.351 e. The molecule has 0 spiro atoms. The Labute approximate surface area is 166 Å². The molecule has 0 saturated carbocycles. The summed E-state index contributed by atoms with van der Waals surface area (Å²) < 4.78 is 1.92. The highest BCUT2D eigenvalue weighted by molar-refractivity contribution is 5.93. The van der Waals surface area contributed by atoms with Gasteiger partial charge in [-0.1, -0.05) is 30.3 Å². The van der Waals surface area contributed by atoms with Crippen molar-refractivity contribution in [3.63, 3.8) is 0 Å². The summed E-state index contributed by atoms with van der Waals surface area (Å²) in [6, 6.07) is 11.6. The molecule has 3 aromatic heterocycles. The van der Waals surface area contributed by atoms with Crippen molar-refractivity contribution in [3.8, 4) is 11.3 Å². The number of hydrogen-bond acceptors (Lipinski definition) is 6. The van der Waals surface area contributed by atoms with E-state index >= 15 is 0 Å². The predicted molar refractivity (Wildman–Crippen MR) is 108 cm³/mol. The Balaban J connectivity index is 1.28. The summed E-state index contributed by atoms with van der Waals surface area (Å²) in [6.07, 6.45) is 4.44. The molecule has 1 amide bonds. The van der Waals surface area contributed by atoms with Gasteiger partial charge in [-0.25, -0.2) is 4.98 Å². The van der Waals surface area contributed by atoms with Gasteiger partial charge in [0.15, 0.2) is 5.82 Å². The van der Waals surface area contributed by atoms with Crippen molar-refractivity contribution in [2.75, 3.05) is 18.0 Å². The van der Waals surface area contributed by atoms with Crippen LogP contribution in [-0.2, 0) is 0 Å². The van der Waals surface area contributed by atoms with Crippen molar-refractivity contribution in [3.05, 3.63) is 60.3 Å². The third kappa shape index (κ3) is 3.20. The molecule has 0 bridgehead atoms. The lowest BCUT2D eigenvalue weighted by Gasteiger charge is -2.18. The van der Waals surface area contributed by atoms with E-state index in [0.29, 0.717) is 12.2 Å². The van der Waals surface area contributed by atoms with Gasteiger partial charge in [0, 0.05) is 37.1 Å². The van der Waals surface area contributed by atoms with Crippen molar-refractivity contribution in [1.29, 1.82) is 0 Å². The minimum absolute atomic E-state index is 0.0250. The van der Waals surface area contributed by atoms with E-state index in [9.17, 15) is 4.79 Å². The van der Waals surface area contributed by atoms with Crippen molar-refractivity contribution in [2.24, 2.45) is 0 Å². The molecule has 9 heteroatoms. The third-order valence-electron chi connectivity index (χ3n) is 5.19. The molecular formula is C20H20N8O. The second-order valence-electron chi connectivity index (χ2n) is 7.13. The maximum atomic E-state index is 12.7. The SMILES string of the molecule is Cc1nnc2c(N3CC[C@@H](NC(=O)c4cc(-c5ccccc5)n[nH]4)C3)nccn12. The van der Waals surface area contributed by atoms with Crippen LogP contribution in [0, 0.1) is 6.92 Å². The first-order valence-electron chi connectivity index (χ1n) is 9.52. The summed E-state index contributed by atoms with van der Waals surface area (Å²) in [5, 5.41) is 18.5. The number of carbonyl (C=O) groups excluding carboxylic acids is 1. The van der Waals surface area contributed by atoms with E-state index in [1.54, 1.807) is 12.3 Å². The number of amides is 1. The first-order chi connectivity index (χ1) is 14.2. The monoisotopic (exact) mass is 388 g/mol. The molecule has 2 N–H and O–H groups in total. The van der Waals surface area contributed by atoms with E-state index in [1.165, 1.54) is 0 Å². The van der Waals surface area contributed by atoms with Crippen LogP contribution in [0.15, 0.2) is 48.8 Å². The molecule has 1 aliphatic rings. The lowest BCUT2D eigenvalue weighted by Crippen LogP contribution is -2.37. The molecule has 0 unspecified atom stereocenters. The number of anilines is 1. The zero-order chi connectivity index (χ0) is 19.8. The van der Waals surface area contributed by atoms with Gasteiger partial charge in [0.05, 0.1) is 5.69 Å². The van der Waals surface area contributed by atoms with Crippen molar-refractivity contribution in [1.82, 2.24) is 35.1 Å². The maximum absolute atomic E-state index is 12.7. The molecule has 29 heavy (non-hydrogen) atoms. The normalized spacial score (nSPS) is 16.4. The topological polar surface area (TPSA) is 104 Å². The molecular weight excluding hydrogens is 368 g/mol. The molecule has 0 radical (unpaired) electrons. The lowest BCUT2D eigenvalue weighted by atomic mass is 10.1. The first-order valence-corrected chi connectivity index (χ1v) is 9.52. The number of benzene rings is 1. The molecule has 1 aliphatic heterocycles.